The van der Waals surface area contributed by atoms with Crippen molar-refractivity contribution >= 4 is 33.0 Å². The van der Waals surface area contributed by atoms with Crippen LogP contribution in [0.5, 0.6) is 0 Å². The Bertz CT molecular complexity index is 620. The Balaban J connectivity index is 2.90. The summed E-state index contributed by atoms with van der Waals surface area (Å²) in [4.78, 5) is 11.6. The molecule has 1 N–H and O–H groups in total. The lowest BCUT2D eigenvalue weighted by Gasteiger charge is -2.10. The number of sulfone groups is 1. The summed E-state index contributed by atoms with van der Waals surface area (Å²) in [5.41, 5.74) is 0.630. The zero-order chi connectivity index (χ0) is 13.9. The second-order valence-electron chi connectivity index (χ2n) is 3.77. The van der Waals surface area contributed by atoms with E-state index in [0.717, 1.165) is 6.26 Å². The lowest BCUT2D eigenvalue weighted by Crippen LogP contribution is -2.31. The lowest BCUT2D eigenvalue weighted by molar-refractivity contribution is -0.115. The van der Waals surface area contributed by atoms with Gasteiger partial charge >= 0.3 is 0 Å². The number of nitrogens with zero attached hydrogens (tertiary/aromatic N) is 1. The number of nitriles is 1. The molecule has 96 valence electrons. The molecule has 1 aromatic rings. The summed E-state index contributed by atoms with van der Waals surface area (Å²) in [5, 5.41) is 10.2. The largest absolute Gasteiger partial charge is 0.325 e. The van der Waals surface area contributed by atoms with Crippen molar-refractivity contribution in [3.05, 3.63) is 28.8 Å². The van der Waals surface area contributed by atoms with Gasteiger partial charge in [-0.15, -0.1) is 0 Å². The van der Waals surface area contributed by atoms with Gasteiger partial charge in [-0.25, -0.2) is 8.42 Å². The average molecular weight is 287 g/mol. The van der Waals surface area contributed by atoms with E-state index in [1.165, 1.54) is 25.1 Å². The molecule has 0 saturated carbocycles. The van der Waals surface area contributed by atoms with Crippen LogP contribution in [-0.4, -0.2) is 25.8 Å². The van der Waals surface area contributed by atoms with Crippen LogP contribution in [-0.2, 0) is 14.6 Å². The van der Waals surface area contributed by atoms with Crippen LogP contribution >= 0.6 is 11.6 Å². The van der Waals surface area contributed by atoms with Crippen LogP contribution in [0.4, 0.5) is 5.69 Å². The van der Waals surface area contributed by atoms with Crippen LogP contribution < -0.4 is 5.32 Å². The molecule has 5 nitrogen and oxygen atoms in total. The Kier molecular flexibility index (Phi) is 4.33. The first-order chi connectivity index (χ1) is 8.25. The third kappa shape index (κ3) is 3.45. The minimum atomic E-state index is -3.44. The highest BCUT2D eigenvalue weighted by Gasteiger charge is 2.23. The predicted octanol–water partition coefficient (Wildman–Crippen LogP) is 1.58. The second-order valence-corrected chi connectivity index (χ2v) is 6.54. The SMILES string of the molecule is CC(C(=O)Nc1ccc(C#N)c(Cl)c1)S(C)(=O)=O. The van der Waals surface area contributed by atoms with Crippen LogP contribution in [0.1, 0.15) is 12.5 Å². The molecule has 0 saturated heterocycles. The first-order valence-electron chi connectivity index (χ1n) is 4.95. The maximum Gasteiger partial charge on any atom is 0.242 e. The van der Waals surface area contributed by atoms with Gasteiger partial charge in [0.05, 0.1) is 10.6 Å². The smallest absolute Gasteiger partial charge is 0.242 e. The first kappa shape index (κ1) is 14.5. The van der Waals surface area contributed by atoms with Crippen molar-refractivity contribution in [2.75, 3.05) is 11.6 Å². The van der Waals surface area contributed by atoms with Crippen molar-refractivity contribution in [2.24, 2.45) is 0 Å². The van der Waals surface area contributed by atoms with Gasteiger partial charge in [-0.05, 0) is 25.1 Å². The Hall–Kier alpha value is -1.58. The molecule has 0 radical (unpaired) electrons. The van der Waals surface area contributed by atoms with Gasteiger partial charge in [0.15, 0.2) is 9.84 Å². The number of halogens is 1. The number of carbonyl (C=O) groups is 1. The summed E-state index contributed by atoms with van der Waals surface area (Å²) in [7, 11) is -3.44. The number of hydrogen-bond donors (Lipinski definition) is 1. The van der Waals surface area contributed by atoms with Gasteiger partial charge in [0.2, 0.25) is 5.91 Å². The Labute approximate surface area is 110 Å². The Morgan fingerprint density at radius 1 is 1.50 bits per heavy atom. The fraction of sp³-hybridized carbons (Fsp3) is 0.273. The van der Waals surface area contributed by atoms with Gasteiger partial charge in [-0.2, -0.15) is 5.26 Å². The van der Waals surface area contributed by atoms with Crippen molar-refractivity contribution in [3.63, 3.8) is 0 Å². The molecule has 0 aromatic heterocycles. The van der Waals surface area contributed by atoms with Crippen LogP contribution in [0.15, 0.2) is 18.2 Å². The molecule has 1 aromatic carbocycles. The molecule has 0 fully saturated rings. The van der Waals surface area contributed by atoms with Gasteiger partial charge in [0.25, 0.3) is 0 Å². The number of hydrogen-bond acceptors (Lipinski definition) is 4. The van der Waals surface area contributed by atoms with E-state index in [2.05, 4.69) is 5.32 Å². The van der Waals surface area contributed by atoms with Gasteiger partial charge in [0, 0.05) is 11.9 Å². The van der Waals surface area contributed by atoms with Crippen LogP contribution in [0.3, 0.4) is 0 Å². The standard InChI is InChI=1S/C11H11ClN2O3S/c1-7(18(2,16)17)11(15)14-9-4-3-8(6-13)10(12)5-9/h3-5,7H,1-2H3,(H,14,15). The van der Waals surface area contributed by atoms with E-state index in [9.17, 15) is 13.2 Å². The molecule has 1 unspecified atom stereocenters. The molecule has 0 aliphatic rings. The quantitative estimate of drug-likeness (QED) is 0.914. The normalized spacial score (nSPS) is 12.6. The van der Waals surface area contributed by atoms with E-state index in [4.69, 9.17) is 16.9 Å². The fourth-order valence-corrected chi connectivity index (χ4v) is 1.79. The van der Waals surface area contributed by atoms with E-state index in [1.807, 2.05) is 6.07 Å². The third-order valence-corrected chi connectivity index (χ3v) is 4.18. The monoisotopic (exact) mass is 286 g/mol. The Morgan fingerprint density at radius 3 is 2.56 bits per heavy atom. The zero-order valence-electron chi connectivity index (χ0n) is 9.77. The first-order valence-corrected chi connectivity index (χ1v) is 7.28. The molecule has 0 heterocycles. The molecule has 0 spiro atoms. The molecule has 1 atom stereocenters. The summed E-state index contributed by atoms with van der Waals surface area (Å²) in [5.74, 6) is -0.640. The van der Waals surface area contributed by atoms with Crippen molar-refractivity contribution < 1.29 is 13.2 Å². The number of benzene rings is 1. The number of anilines is 1. The highest BCUT2D eigenvalue weighted by atomic mass is 35.5. The number of amides is 1. The van der Waals surface area contributed by atoms with Crippen LogP contribution in [0, 0.1) is 11.3 Å². The van der Waals surface area contributed by atoms with E-state index in [0.29, 0.717) is 5.69 Å². The van der Waals surface area contributed by atoms with E-state index >= 15 is 0 Å². The van der Waals surface area contributed by atoms with Gasteiger partial charge < -0.3 is 5.32 Å². The highest BCUT2D eigenvalue weighted by Crippen LogP contribution is 2.20. The zero-order valence-corrected chi connectivity index (χ0v) is 11.3. The van der Waals surface area contributed by atoms with E-state index in [-0.39, 0.29) is 10.6 Å². The van der Waals surface area contributed by atoms with E-state index in [1.54, 1.807) is 0 Å². The van der Waals surface area contributed by atoms with Crippen LogP contribution in [0.2, 0.25) is 5.02 Å². The summed E-state index contributed by atoms with van der Waals surface area (Å²) >= 11 is 5.79. The van der Waals surface area contributed by atoms with Crippen molar-refractivity contribution in [2.45, 2.75) is 12.2 Å². The topological polar surface area (TPSA) is 87.0 Å². The number of rotatable bonds is 3. The highest BCUT2D eigenvalue weighted by molar-refractivity contribution is 7.92. The third-order valence-electron chi connectivity index (χ3n) is 2.37. The van der Waals surface area contributed by atoms with E-state index < -0.39 is 21.0 Å². The molecule has 18 heavy (non-hydrogen) atoms. The van der Waals surface area contributed by atoms with Crippen molar-refractivity contribution in [3.8, 4) is 6.07 Å². The molecule has 7 heteroatoms. The average Bonchev–Trinajstić information content (AvgIpc) is 2.27. The second kappa shape index (κ2) is 5.38. The lowest BCUT2D eigenvalue weighted by atomic mass is 10.2. The molecule has 0 aliphatic heterocycles. The molecule has 0 bridgehead atoms. The van der Waals surface area contributed by atoms with Gasteiger partial charge in [0.1, 0.15) is 11.3 Å². The van der Waals surface area contributed by atoms with Crippen molar-refractivity contribution in [1.82, 2.24) is 0 Å². The number of carbonyl (C=O) groups excluding carboxylic acids is 1. The number of nitrogens with one attached hydrogen (secondary N) is 1. The maximum atomic E-state index is 11.6. The summed E-state index contributed by atoms with van der Waals surface area (Å²) in [6.07, 6.45) is 0.989. The fourth-order valence-electron chi connectivity index (χ4n) is 1.12. The van der Waals surface area contributed by atoms with Crippen LogP contribution in [0.25, 0.3) is 0 Å². The minimum Gasteiger partial charge on any atom is -0.325 e. The van der Waals surface area contributed by atoms with Crippen molar-refractivity contribution in [1.29, 1.82) is 5.26 Å². The van der Waals surface area contributed by atoms with Gasteiger partial charge in [-0.3, -0.25) is 4.79 Å². The molecular formula is C11H11ClN2O3S. The molecular weight excluding hydrogens is 276 g/mol. The summed E-state index contributed by atoms with van der Waals surface area (Å²) < 4.78 is 22.4. The predicted molar refractivity (Wildman–Crippen MR) is 69.1 cm³/mol. The summed E-state index contributed by atoms with van der Waals surface area (Å²) in [6.45, 7) is 1.30. The minimum absolute atomic E-state index is 0.197. The molecule has 0 aliphatic carbocycles. The maximum absolute atomic E-state index is 11.6. The van der Waals surface area contributed by atoms with Gasteiger partial charge in [-0.1, -0.05) is 11.6 Å². The molecule has 1 rings (SSSR count). The molecule has 1 amide bonds. The summed E-state index contributed by atoms with van der Waals surface area (Å²) in [6, 6.07) is 6.21. The Morgan fingerprint density at radius 2 is 2.11 bits per heavy atom.